The highest BCUT2D eigenvalue weighted by atomic mass is 32.2. The summed E-state index contributed by atoms with van der Waals surface area (Å²) in [5.41, 5.74) is 0.696. The Hall–Kier alpha value is -3.16. The smallest absolute Gasteiger partial charge is 0.239 e. The second kappa shape index (κ2) is 13.6. The van der Waals surface area contributed by atoms with Crippen molar-refractivity contribution in [3.8, 4) is 17.2 Å². The fourth-order valence-electron chi connectivity index (χ4n) is 4.44. The topological polar surface area (TPSA) is 120 Å². The summed E-state index contributed by atoms with van der Waals surface area (Å²) in [7, 11) is 3.22. The first-order valence-electron chi connectivity index (χ1n) is 12.6. The first-order chi connectivity index (χ1) is 18.6. The van der Waals surface area contributed by atoms with Crippen molar-refractivity contribution in [2.45, 2.75) is 44.0 Å². The number of para-hydroxylation sites is 1. The zero-order chi connectivity index (χ0) is 26.9. The molecule has 1 saturated heterocycles. The van der Waals surface area contributed by atoms with Crippen molar-refractivity contribution in [2.75, 3.05) is 50.1 Å². The van der Waals surface area contributed by atoms with Gasteiger partial charge in [0.25, 0.3) is 0 Å². The average Bonchev–Trinajstić information content (AvgIpc) is 3.34. The molecule has 1 aliphatic rings. The van der Waals surface area contributed by atoms with E-state index in [4.69, 9.17) is 14.2 Å². The van der Waals surface area contributed by atoms with Crippen LogP contribution in [0.3, 0.4) is 0 Å². The van der Waals surface area contributed by atoms with Crippen molar-refractivity contribution >= 4 is 23.8 Å². The maximum absolute atomic E-state index is 13.4. The summed E-state index contributed by atoms with van der Waals surface area (Å²) in [4.78, 5) is 10.3. The van der Waals surface area contributed by atoms with Gasteiger partial charge in [0.1, 0.15) is 23.0 Å². The van der Waals surface area contributed by atoms with Gasteiger partial charge in [-0.1, -0.05) is 6.07 Å². The van der Waals surface area contributed by atoms with Crippen LogP contribution in [0.1, 0.15) is 32.0 Å². The molecule has 1 aliphatic heterocycles. The lowest BCUT2D eigenvalue weighted by atomic mass is 10.1. The number of aryl methyl sites for hydroxylation is 1. The largest absolute Gasteiger partial charge is 0.494 e. The highest BCUT2D eigenvalue weighted by Gasteiger charge is 2.31. The highest BCUT2D eigenvalue weighted by Crippen LogP contribution is 2.36. The number of piperidine rings is 1. The molecule has 4 rings (SSSR count). The van der Waals surface area contributed by atoms with E-state index in [1.54, 1.807) is 14.2 Å². The van der Waals surface area contributed by atoms with Crippen LogP contribution in [-0.2, 0) is 11.2 Å². The molecule has 0 saturated carbocycles. The summed E-state index contributed by atoms with van der Waals surface area (Å²) in [5, 5.41) is 18.3. The number of ether oxygens (including phenoxy) is 3. The molecule has 11 nitrogen and oxygen atoms in total. The van der Waals surface area contributed by atoms with E-state index in [0.29, 0.717) is 61.6 Å². The van der Waals surface area contributed by atoms with E-state index in [-0.39, 0.29) is 18.0 Å². The molecule has 0 amide bonds. The van der Waals surface area contributed by atoms with E-state index in [1.807, 2.05) is 34.6 Å². The van der Waals surface area contributed by atoms with Gasteiger partial charge in [-0.15, -0.1) is 10.2 Å². The van der Waals surface area contributed by atoms with E-state index in [1.165, 1.54) is 24.3 Å². The van der Waals surface area contributed by atoms with Gasteiger partial charge in [0.05, 0.1) is 32.7 Å². The molecule has 2 aromatic heterocycles. The summed E-state index contributed by atoms with van der Waals surface area (Å²) in [6.07, 6.45) is 5.16. The number of rotatable bonds is 13. The van der Waals surface area contributed by atoms with E-state index >= 15 is 0 Å². The number of unbranched alkanes of at least 4 members (excludes halogenated alkanes) is 1. The normalized spacial score (nSPS) is 17.4. The standard InChI is InChI=1S/C25H34FN7O4S/c1-4-37-18-12-19(16-32(15-18)24-27-13-17(26)14-28-24)38-31-25-30-29-22(10-5-6-11-34)33(25)23-20(35-2)8-7-9-21(23)36-3/h7-9,13-14,18-19,34H,4-6,10-12,15-16H2,1-3H3,(H,30,31). The summed E-state index contributed by atoms with van der Waals surface area (Å²) >= 11 is 1.51. The van der Waals surface area contributed by atoms with Gasteiger partial charge in [-0.3, -0.25) is 9.29 Å². The maximum Gasteiger partial charge on any atom is 0.239 e. The molecule has 0 spiro atoms. The molecule has 0 aliphatic carbocycles. The molecule has 1 aromatic carbocycles. The van der Waals surface area contributed by atoms with Crippen LogP contribution in [0.2, 0.25) is 0 Å². The molecule has 0 radical (unpaired) electrons. The second-order valence-electron chi connectivity index (χ2n) is 8.73. The van der Waals surface area contributed by atoms with Gasteiger partial charge < -0.3 is 24.2 Å². The number of halogens is 1. The van der Waals surface area contributed by atoms with Gasteiger partial charge >= 0.3 is 0 Å². The minimum atomic E-state index is -0.472. The van der Waals surface area contributed by atoms with Gasteiger partial charge in [0.2, 0.25) is 11.9 Å². The first-order valence-corrected chi connectivity index (χ1v) is 13.5. The predicted molar refractivity (Wildman–Crippen MR) is 144 cm³/mol. The molecule has 0 bridgehead atoms. The minimum Gasteiger partial charge on any atom is -0.494 e. The van der Waals surface area contributed by atoms with Crippen LogP contribution in [0, 0.1) is 5.82 Å². The molecule has 2 unspecified atom stereocenters. The van der Waals surface area contributed by atoms with E-state index in [9.17, 15) is 9.50 Å². The van der Waals surface area contributed by atoms with Crippen LogP contribution in [-0.4, -0.2) is 81.7 Å². The lowest BCUT2D eigenvalue weighted by Crippen LogP contribution is -2.46. The van der Waals surface area contributed by atoms with Gasteiger partial charge in [0, 0.05) is 38.0 Å². The molecule has 3 aromatic rings. The number of nitrogens with one attached hydrogen (secondary N) is 1. The van der Waals surface area contributed by atoms with Gasteiger partial charge in [-0.25, -0.2) is 14.4 Å². The van der Waals surface area contributed by atoms with E-state index < -0.39 is 5.82 Å². The highest BCUT2D eigenvalue weighted by molar-refractivity contribution is 8.01. The SMILES string of the molecule is CCOC1CC(SNc2nnc(CCCCO)n2-c2c(OC)cccc2OC)CN(c2ncc(F)cn2)C1. The number of nitrogens with zero attached hydrogens (tertiary/aromatic N) is 6. The summed E-state index contributed by atoms with van der Waals surface area (Å²) < 4.78 is 36.0. The Morgan fingerprint density at radius 2 is 1.84 bits per heavy atom. The Morgan fingerprint density at radius 3 is 2.50 bits per heavy atom. The summed E-state index contributed by atoms with van der Waals surface area (Å²) in [6, 6.07) is 5.59. The molecular formula is C25H34FN7O4S. The third kappa shape index (κ3) is 6.63. The third-order valence-corrected chi connectivity index (χ3v) is 7.12. The van der Waals surface area contributed by atoms with Gasteiger partial charge in [-0.2, -0.15) is 0 Å². The Labute approximate surface area is 225 Å². The molecule has 2 atom stereocenters. The number of aliphatic hydroxyl groups is 1. The lowest BCUT2D eigenvalue weighted by molar-refractivity contribution is 0.0538. The van der Waals surface area contributed by atoms with Crippen LogP contribution in [0.5, 0.6) is 11.5 Å². The van der Waals surface area contributed by atoms with Crippen molar-refractivity contribution in [1.29, 1.82) is 0 Å². The monoisotopic (exact) mass is 547 g/mol. The van der Waals surface area contributed by atoms with Crippen molar-refractivity contribution in [3.63, 3.8) is 0 Å². The van der Waals surface area contributed by atoms with Crippen molar-refractivity contribution in [3.05, 3.63) is 42.2 Å². The van der Waals surface area contributed by atoms with Gasteiger partial charge in [0.15, 0.2) is 5.82 Å². The van der Waals surface area contributed by atoms with Crippen molar-refractivity contribution in [1.82, 2.24) is 24.7 Å². The number of hydrogen-bond acceptors (Lipinski definition) is 11. The maximum atomic E-state index is 13.4. The zero-order valence-electron chi connectivity index (χ0n) is 21.8. The Balaban J connectivity index is 1.59. The van der Waals surface area contributed by atoms with Crippen molar-refractivity contribution in [2.24, 2.45) is 0 Å². The molecule has 13 heteroatoms. The van der Waals surface area contributed by atoms with E-state index in [2.05, 4.69) is 24.9 Å². The number of benzene rings is 1. The number of aromatic nitrogens is 5. The zero-order valence-corrected chi connectivity index (χ0v) is 22.7. The molecule has 1 fully saturated rings. The number of aliphatic hydroxyl groups excluding tert-OH is 1. The summed E-state index contributed by atoms with van der Waals surface area (Å²) in [5.74, 6) is 2.49. The number of hydrogen-bond donors (Lipinski definition) is 2. The Morgan fingerprint density at radius 1 is 1.11 bits per heavy atom. The quantitative estimate of drug-likeness (QED) is 0.242. The molecule has 206 valence electrons. The van der Waals surface area contributed by atoms with Crippen LogP contribution < -0.4 is 19.1 Å². The molecule has 2 N–H and O–H groups in total. The van der Waals surface area contributed by atoms with Crippen LogP contribution >= 0.6 is 11.9 Å². The lowest BCUT2D eigenvalue weighted by Gasteiger charge is -2.37. The van der Waals surface area contributed by atoms with Crippen LogP contribution in [0.4, 0.5) is 16.3 Å². The minimum absolute atomic E-state index is 0.0251. The molecule has 3 heterocycles. The van der Waals surface area contributed by atoms with Crippen LogP contribution in [0.15, 0.2) is 30.6 Å². The molecular weight excluding hydrogens is 513 g/mol. The first kappa shape index (κ1) is 27.9. The fourth-order valence-corrected chi connectivity index (χ4v) is 5.41. The second-order valence-corrected chi connectivity index (χ2v) is 9.83. The molecule has 38 heavy (non-hydrogen) atoms. The fraction of sp³-hybridized carbons (Fsp3) is 0.520. The number of methoxy groups -OCH3 is 2. The Bertz CT molecular complexity index is 1140. The summed E-state index contributed by atoms with van der Waals surface area (Å²) in [6.45, 7) is 3.94. The predicted octanol–water partition coefficient (Wildman–Crippen LogP) is 3.27. The van der Waals surface area contributed by atoms with Gasteiger partial charge in [-0.05, 0) is 50.3 Å². The van der Waals surface area contributed by atoms with Crippen molar-refractivity contribution < 1.29 is 23.7 Å². The average molecular weight is 548 g/mol. The third-order valence-electron chi connectivity index (χ3n) is 6.15. The van der Waals surface area contributed by atoms with E-state index in [0.717, 1.165) is 18.7 Å². The Kier molecular flexibility index (Phi) is 9.96. The number of anilines is 2. The van der Waals surface area contributed by atoms with Crippen LogP contribution in [0.25, 0.3) is 5.69 Å².